The van der Waals surface area contributed by atoms with Crippen molar-refractivity contribution in [2.75, 3.05) is 18.5 Å². The van der Waals surface area contributed by atoms with Gasteiger partial charge in [-0.25, -0.2) is 4.99 Å². The Kier molecular flexibility index (Phi) is 6.94. The van der Waals surface area contributed by atoms with Gasteiger partial charge in [-0.3, -0.25) is 14.5 Å². The fraction of sp³-hybridized carbons (Fsp3) is 0.379. The molecule has 1 amide bonds. The summed E-state index contributed by atoms with van der Waals surface area (Å²) in [5.41, 5.74) is 5.29. The van der Waals surface area contributed by atoms with Crippen molar-refractivity contribution >= 4 is 41.2 Å². The zero-order valence-electron chi connectivity index (χ0n) is 23.0. The number of aliphatic hydroxyl groups excluding tert-OH is 1. The van der Waals surface area contributed by atoms with Gasteiger partial charge in [0.1, 0.15) is 23.0 Å². The van der Waals surface area contributed by atoms with E-state index in [4.69, 9.17) is 0 Å². The summed E-state index contributed by atoms with van der Waals surface area (Å²) in [5.74, 6) is 0.762. The van der Waals surface area contributed by atoms with Crippen LogP contribution in [0.1, 0.15) is 53.0 Å². The molecule has 204 valence electrons. The van der Waals surface area contributed by atoms with Gasteiger partial charge in [-0.2, -0.15) is 4.37 Å². The third-order valence-corrected chi connectivity index (χ3v) is 8.15. The lowest BCUT2D eigenvalue weighted by Crippen LogP contribution is -2.40. The fourth-order valence-electron chi connectivity index (χ4n) is 5.76. The van der Waals surface area contributed by atoms with Gasteiger partial charge >= 0.3 is 0 Å². The Balaban J connectivity index is 1.53. The number of aliphatic imine (C=N–C) groups is 1. The summed E-state index contributed by atoms with van der Waals surface area (Å²) in [6.07, 6.45) is 5.46. The molecule has 9 nitrogen and oxygen atoms in total. The van der Waals surface area contributed by atoms with Crippen molar-refractivity contribution in [1.82, 2.24) is 18.4 Å². The molecule has 0 fully saturated rings. The minimum Gasteiger partial charge on any atom is -0.392 e. The minimum atomic E-state index is -0.361. The number of anilines is 2. The number of pyridine rings is 1. The largest absolute Gasteiger partial charge is 0.392 e. The molecule has 0 radical (unpaired) electrons. The lowest BCUT2D eigenvalue weighted by Gasteiger charge is -2.31. The fourth-order valence-corrected chi connectivity index (χ4v) is 6.26. The smallest absolute Gasteiger partial charge is 0.276 e. The summed E-state index contributed by atoms with van der Waals surface area (Å²) < 4.78 is 7.96. The monoisotopic (exact) mass is 546 g/mol. The first kappa shape index (κ1) is 26.8. The number of hydrogen-bond acceptors (Lipinski definition) is 7. The van der Waals surface area contributed by atoms with E-state index in [0.717, 1.165) is 17.7 Å². The number of fused-ring (bicyclic) bond motifs is 3. The highest BCUT2D eigenvalue weighted by atomic mass is 32.1. The molecule has 3 aromatic rings. The Labute approximate surface area is 232 Å². The van der Waals surface area contributed by atoms with Crippen LogP contribution in [0.25, 0.3) is 5.57 Å². The van der Waals surface area contributed by atoms with Crippen molar-refractivity contribution < 1.29 is 9.90 Å². The number of carbonyl (C=O) groups excluding carboxylic acids is 1. The maximum absolute atomic E-state index is 13.7. The number of aromatic nitrogens is 3. The van der Waals surface area contributed by atoms with E-state index in [2.05, 4.69) is 39.8 Å². The molecule has 10 heteroatoms. The lowest BCUT2D eigenvalue weighted by atomic mass is 9.90. The number of aliphatic hydroxyl groups is 1. The van der Waals surface area contributed by atoms with Crippen molar-refractivity contribution in [3.05, 3.63) is 79.6 Å². The SMILES string of the molecule is C=N/C(=C(CO)\C(=C/C)c1cc(Nc2cc(C)sn2)c(=O)n(C)c1)N1CCn2c(cc3c2CC(C)(C)C3)C1=O. The highest BCUT2D eigenvalue weighted by Crippen LogP contribution is 2.40. The van der Waals surface area contributed by atoms with Gasteiger partial charge in [0.25, 0.3) is 11.5 Å². The predicted octanol–water partition coefficient (Wildman–Crippen LogP) is 4.28. The topological polar surface area (TPSA) is 105 Å². The van der Waals surface area contributed by atoms with E-state index in [9.17, 15) is 14.7 Å². The average Bonchev–Trinajstić information content (AvgIpc) is 3.54. The van der Waals surface area contributed by atoms with E-state index in [0.29, 0.717) is 52.8 Å². The van der Waals surface area contributed by atoms with Crippen molar-refractivity contribution in [3.8, 4) is 0 Å². The maximum atomic E-state index is 13.7. The first-order chi connectivity index (χ1) is 18.6. The first-order valence-corrected chi connectivity index (χ1v) is 13.8. The summed E-state index contributed by atoms with van der Waals surface area (Å²) in [5, 5.41) is 13.7. The molecule has 5 rings (SSSR count). The molecule has 0 bridgehead atoms. The van der Waals surface area contributed by atoms with Crippen molar-refractivity contribution in [2.45, 2.75) is 47.1 Å². The minimum absolute atomic E-state index is 0.154. The van der Waals surface area contributed by atoms with Crippen molar-refractivity contribution in [3.63, 3.8) is 0 Å². The Morgan fingerprint density at radius 2 is 2.03 bits per heavy atom. The van der Waals surface area contributed by atoms with Gasteiger partial charge in [0.05, 0.1) is 6.61 Å². The molecular weight excluding hydrogens is 512 g/mol. The Hall–Kier alpha value is -3.76. The van der Waals surface area contributed by atoms with E-state index in [1.54, 1.807) is 24.2 Å². The number of aryl methyl sites for hydroxylation is 2. The Bertz CT molecular complexity index is 1600. The highest BCUT2D eigenvalue weighted by molar-refractivity contribution is 7.06. The van der Waals surface area contributed by atoms with Crippen LogP contribution in [0.3, 0.4) is 0 Å². The molecular formula is C29H34N6O3S. The second-order valence-corrected chi connectivity index (χ2v) is 12.0. The third kappa shape index (κ3) is 4.79. The summed E-state index contributed by atoms with van der Waals surface area (Å²) in [6.45, 7) is 12.8. The molecule has 0 saturated heterocycles. The van der Waals surface area contributed by atoms with Gasteiger partial charge in [0.15, 0.2) is 0 Å². The van der Waals surface area contributed by atoms with Gasteiger partial charge in [0, 0.05) is 48.0 Å². The molecule has 4 heterocycles. The standard InChI is InChI=1S/C29H34N6O3S/c1-7-20(19-11-22(27(37)33(6)15-19)31-25-10-17(2)39-32-25)21(16-36)26(30-5)35-9-8-34-23(28(35)38)12-18-13-29(3,4)14-24(18)34/h7,10-12,15,36H,5,8-9,13-14,16H2,1-4,6H3,(H,31,32)/b20-7-,26-21+. The molecule has 1 aliphatic heterocycles. The molecule has 39 heavy (non-hydrogen) atoms. The quantitative estimate of drug-likeness (QED) is 0.340. The first-order valence-electron chi connectivity index (χ1n) is 13.0. The lowest BCUT2D eigenvalue weighted by molar-refractivity contribution is 0.0755. The average molecular weight is 547 g/mol. The van der Waals surface area contributed by atoms with Crippen LogP contribution in [0, 0.1) is 12.3 Å². The summed E-state index contributed by atoms with van der Waals surface area (Å²) >= 11 is 1.35. The number of allylic oxidation sites excluding steroid dienone is 1. The molecule has 0 unspecified atom stereocenters. The van der Waals surface area contributed by atoms with Crippen molar-refractivity contribution in [1.29, 1.82) is 0 Å². The van der Waals surface area contributed by atoms with E-state index in [-0.39, 0.29) is 23.5 Å². The second kappa shape index (κ2) is 10.1. The zero-order valence-corrected chi connectivity index (χ0v) is 23.9. The Morgan fingerprint density at radius 3 is 2.67 bits per heavy atom. The number of carbonyl (C=O) groups is 1. The molecule has 2 N–H and O–H groups in total. The molecule has 0 spiro atoms. The van der Waals surface area contributed by atoms with Gasteiger partial charge in [0.2, 0.25) is 0 Å². The molecule has 3 aromatic heterocycles. The normalized spacial score (nSPS) is 17.1. The van der Waals surface area contributed by atoms with E-state index in [1.807, 2.05) is 32.1 Å². The van der Waals surface area contributed by atoms with Gasteiger partial charge in [-0.05, 0) is 79.7 Å². The van der Waals surface area contributed by atoms with Crippen LogP contribution in [0.2, 0.25) is 0 Å². The summed E-state index contributed by atoms with van der Waals surface area (Å²) in [6, 6.07) is 5.62. The third-order valence-electron chi connectivity index (χ3n) is 7.46. The van der Waals surface area contributed by atoms with Crippen LogP contribution in [0.5, 0.6) is 0 Å². The van der Waals surface area contributed by atoms with E-state index < -0.39 is 0 Å². The number of amides is 1. The number of nitrogens with one attached hydrogen (secondary N) is 1. The number of nitrogens with zero attached hydrogens (tertiary/aromatic N) is 5. The second-order valence-electron chi connectivity index (χ2n) is 11.0. The number of rotatable bonds is 7. The van der Waals surface area contributed by atoms with Crippen LogP contribution in [-0.2, 0) is 26.4 Å². The molecule has 2 aliphatic rings. The summed E-state index contributed by atoms with van der Waals surface area (Å²) in [4.78, 5) is 33.5. The zero-order chi connectivity index (χ0) is 28.1. The van der Waals surface area contributed by atoms with E-state index >= 15 is 0 Å². The maximum Gasteiger partial charge on any atom is 0.276 e. The van der Waals surface area contributed by atoms with Gasteiger partial charge in [-0.1, -0.05) is 19.9 Å². The number of hydrogen-bond donors (Lipinski definition) is 2. The van der Waals surface area contributed by atoms with Crippen LogP contribution in [0.4, 0.5) is 11.5 Å². The van der Waals surface area contributed by atoms with Gasteiger partial charge < -0.3 is 19.6 Å². The molecule has 1 aliphatic carbocycles. The molecule has 0 aromatic carbocycles. The van der Waals surface area contributed by atoms with Crippen LogP contribution in [0.15, 0.2) is 51.7 Å². The summed E-state index contributed by atoms with van der Waals surface area (Å²) in [7, 11) is 1.67. The molecule has 0 saturated carbocycles. The van der Waals surface area contributed by atoms with Crippen LogP contribution < -0.4 is 10.9 Å². The highest BCUT2D eigenvalue weighted by Gasteiger charge is 2.37. The van der Waals surface area contributed by atoms with Gasteiger partial charge in [-0.15, -0.1) is 0 Å². The Morgan fingerprint density at radius 1 is 1.26 bits per heavy atom. The van der Waals surface area contributed by atoms with Crippen molar-refractivity contribution in [2.24, 2.45) is 17.5 Å². The van der Waals surface area contributed by atoms with E-state index in [1.165, 1.54) is 27.4 Å². The van der Waals surface area contributed by atoms with Crippen LogP contribution >= 0.6 is 11.5 Å². The van der Waals surface area contributed by atoms with Crippen LogP contribution in [-0.4, -0.2) is 49.3 Å². The molecule has 0 atom stereocenters. The predicted molar refractivity (Wildman–Crippen MR) is 156 cm³/mol.